The topological polar surface area (TPSA) is 0 Å². The largest absolute Gasteiger partial charge is 0.324 e. The van der Waals surface area contributed by atoms with Crippen LogP contribution >= 0.6 is 0 Å². The zero-order valence-corrected chi connectivity index (χ0v) is 14.0. The zero-order valence-electron chi connectivity index (χ0n) is 14.0. The van der Waals surface area contributed by atoms with E-state index in [9.17, 15) is 0 Å². The van der Waals surface area contributed by atoms with Crippen LogP contribution in [0.5, 0.6) is 0 Å². The van der Waals surface area contributed by atoms with Gasteiger partial charge < -0.3 is 4.48 Å². The van der Waals surface area contributed by atoms with Gasteiger partial charge >= 0.3 is 0 Å². The van der Waals surface area contributed by atoms with Gasteiger partial charge in [-0.15, -0.1) is 0 Å². The van der Waals surface area contributed by atoms with Crippen LogP contribution in [-0.2, 0) is 0 Å². The summed E-state index contributed by atoms with van der Waals surface area (Å²) >= 11 is 0. The first kappa shape index (κ1) is 17.3. The van der Waals surface area contributed by atoms with Crippen LogP contribution in [0.4, 0.5) is 0 Å². The van der Waals surface area contributed by atoms with Crippen LogP contribution in [0.2, 0.25) is 0 Å². The molecule has 1 rings (SSSR count). The van der Waals surface area contributed by atoms with E-state index in [1.54, 1.807) is 0 Å². The normalized spacial score (nSPS) is 14.7. The molecule has 1 nitrogen and oxygen atoms in total. The van der Waals surface area contributed by atoms with Crippen LogP contribution in [0, 0.1) is 11.8 Å². The van der Waals surface area contributed by atoms with Crippen LogP contribution in [0.15, 0.2) is 11.6 Å². The average molecular weight is 276 g/mol. The molecule has 0 N–H and O–H groups in total. The van der Waals surface area contributed by atoms with Crippen LogP contribution < -0.4 is 0 Å². The fourth-order valence-electron chi connectivity index (χ4n) is 2.86. The maximum atomic E-state index is 3.30. The number of unbranched alkanes of at least 4 members (excludes halogenated alkanes) is 7. The fraction of sp³-hybridized carbons (Fsp3) is 0.789. The van der Waals surface area contributed by atoms with E-state index in [2.05, 4.69) is 38.9 Å². The minimum Gasteiger partial charge on any atom is -0.324 e. The van der Waals surface area contributed by atoms with Gasteiger partial charge in [0.15, 0.2) is 0 Å². The van der Waals surface area contributed by atoms with Crippen LogP contribution in [-0.4, -0.2) is 31.7 Å². The highest BCUT2D eigenvalue weighted by Crippen LogP contribution is 2.13. The van der Waals surface area contributed by atoms with Gasteiger partial charge in [-0.25, -0.2) is 0 Å². The van der Waals surface area contributed by atoms with Crippen molar-refractivity contribution < 1.29 is 4.48 Å². The molecular formula is C19H34N+. The molecule has 0 amide bonds. The van der Waals surface area contributed by atoms with Crippen molar-refractivity contribution in [3.05, 3.63) is 11.6 Å². The van der Waals surface area contributed by atoms with E-state index in [0.29, 0.717) is 0 Å². The number of quaternary nitrogens is 1. The smallest absolute Gasteiger partial charge is 0.112 e. The molecule has 0 aromatic heterocycles. The highest BCUT2D eigenvalue weighted by molar-refractivity contribution is 5.31. The standard InChI is InChI=1S/C19H34N/c1-4-5-6-7-8-9-10-14-17-20(2,3)18-19-15-12-11-13-16-19/h15H,4-12,14,17-18H2,1-3H3/q+1. The first-order chi connectivity index (χ1) is 9.64. The van der Waals surface area contributed by atoms with E-state index in [1.165, 1.54) is 63.5 Å². The number of likely N-dealkylation sites (N-methyl/N-ethyl adjacent to an activating group) is 1. The average Bonchev–Trinajstić information content (AvgIpc) is 2.42. The van der Waals surface area contributed by atoms with Crippen molar-refractivity contribution in [1.82, 2.24) is 0 Å². The molecule has 0 radical (unpaired) electrons. The van der Waals surface area contributed by atoms with E-state index in [-0.39, 0.29) is 0 Å². The highest BCUT2D eigenvalue weighted by atomic mass is 15.3. The van der Waals surface area contributed by atoms with Gasteiger partial charge in [-0.2, -0.15) is 0 Å². The molecule has 0 spiro atoms. The Morgan fingerprint density at radius 2 is 1.65 bits per heavy atom. The summed E-state index contributed by atoms with van der Waals surface area (Å²) in [4.78, 5) is 0. The lowest BCUT2D eigenvalue weighted by atomic mass is 10.1. The van der Waals surface area contributed by atoms with Crippen molar-refractivity contribution >= 4 is 0 Å². The predicted molar refractivity (Wildman–Crippen MR) is 89.5 cm³/mol. The fourth-order valence-corrected chi connectivity index (χ4v) is 2.86. The SMILES string of the molecule is CCCCCCCCCC[N+](C)(C)CC1=CCCC#C1. The molecule has 0 atom stereocenters. The van der Waals surface area contributed by atoms with Gasteiger partial charge in [0.25, 0.3) is 0 Å². The third-order valence-electron chi connectivity index (χ3n) is 4.12. The predicted octanol–water partition coefficient (Wildman–Crippen LogP) is 4.93. The van der Waals surface area contributed by atoms with Crippen molar-refractivity contribution in [3.8, 4) is 11.8 Å². The molecule has 0 heterocycles. The maximum Gasteiger partial charge on any atom is 0.112 e. The van der Waals surface area contributed by atoms with E-state index >= 15 is 0 Å². The van der Waals surface area contributed by atoms with Crippen LogP contribution in [0.3, 0.4) is 0 Å². The van der Waals surface area contributed by atoms with Crippen molar-refractivity contribution in [2.75, 3.05) is 27.2 Å². The molecular weight excluding hydrogens is 242 g/mol. The molecule has 0 saturated heterocycles. The van der Waals surface area contributed by atoms with Gasteiger partial charge in [0.1, 0.15) is 6.54 Å². The first-order valence-corrected chi connectivity index (χ1v) is 8.64. The van der Waals surface area contributed by atoms with Gasteiger partial charge in [-0.1, -0.05) is 63.4 Å². The number of nitrogens with zero attached hydrogens (tertiary/aromatic N) is 1. The monoisotopic (exact) mass is 276 g/mol. The number of hydrogen-bond acceptors (Lipinski definition) is 0. The Bertz CT molecular complexity index is 341. The zero-order chi connectivity index (χ0) is 14.7. The van der Waals surface area contributed by atoms with Gasteiger partial charge in [-0.3, -0.25) is 0 Å². The Labute approximate surface area is 127 Å². The molecule has 0 fully saturated rings. The summed E-state index contributed by atoms with van der Waals surface area (Å²) in [7, 11) is 4.69. The summed E-state index contributed by atoms with van der Waals surface area (Å²) in [5.74, 6) is 6.53. The lowest BCUT2D eigenvalue weighted by Gasteiger charge is -2.30. The molecule has 0 aliphatic heterocycles. The molecule has 1 aliphatic carbocycles. The van der Waals surface area contributed by atoms with Crippen molar-refractivity contribution in [2.45, 2.75) is 71.1 Å². The van der Waals surface area contributed by atoms with E-state index in [0.717, 1.165) is 23.9 Å². The molecule has 1 aliphatic rings. The summed E-state index contributed by atoms with van der Waals surface area (Å²) in [6, 6.07) is 0. The Kier molecular flexibility index (Phi) is 8.70. The second-order valence-corrected chi connectivity index (χ2v) is 6.86. The van der Waals surface area contributed by atoms with Crippen molar-refractivity contribution in [2.24, 2.45) is 0 Å². The second-order valence-electron chi connectivity index (χ2n) is 6.86. The number of hydrogen-bond donors (Lipinski definition) is 0. The van der Waals surface area contributed by atoms with Crippen LogP contribution in [0.25, 0.3) is 0 Å². The third-order valence-corrected chi connectivity index (χ3v) is 4.12. The molecule has 114 valence electrons. The van der Waals surface area contributed by atoms with Crippen molar-refractivity contribution in [1.29, 1.82) is 0 Å². The molecule has 20 heavy (non-hydrogen) atoms. The van der Waals surface area contributed by atoms with E-state index in [1.807, 2.05) is 0 Å². The van der Waals surface area contributed by atoms with Gasteiger partial charge in [0.05, 0.1) is 26.2 Å². The summed E-state index contributed by atoms with van der Waals surface area (Å²) in [6.07, 6.45) is 15.8. The molecule has 0 aromatic carbocycles. The van der Waals surface area contributed by atoms with Crippen molar-refractivity contribution in [3.63, 3.8) is 0 Å². The molecule has 0 aromatic rings. The second kappa shape index (κ2) is 10.1. The van der Waals surface area contributed by atoms with Crippen LogP contribution in [0.1, 0.15) is 71.1 Å². The minimum absolute atomic E-state index is 1.05. The number of allylic oxidation sites excluding steroid dienone is 1. The summed E-state index contributed by atoms with van der Waals surface area (Å²) in [5.41, 5.74) is 1.36. The summed E-state index contributed by atoms with van der Waals surface area (Å²) in [6.45, 7) is 4.68. The molecule has 0 saturated carbocycles. The molecule has 0 unspecified atom stereocenters. The Morgan fingerprint density at radius 1 is 1.00 bits per heavy atom. The minimum atomic E-state index is 1.05. The summed E-state index contributed by atoms with van der Waals surface area (Å²) in [5, 5.41) is 0. The molecule has 1 heteroatoms. The highest BCUT2D eigenvalue weighted by Gasteiger charge is 2.16. The quantitative estimate of drug-likeness (QED) is 0.285. The maximum absolute atomic E-state index is 3.30. The summed E-state index contributed by atoms with van der Waals surface area (Å²) < 4.78 is 1.09. The number of rotatable bonds is 11. The van der Waals surface area contributed by atoms with Gasteiger partial charge in [0.2, 0.25) is 0 Å². The Hall–Kier alpha value is -0.740. The van der Waals surface area contributed by atoms with Gasteiger partial charge in [-0.05, 0) is 19.3 Å². The lowest BCUT2D eigenvalue weighted by Crippen LogP contribution is -2.41. The Balaban J connectivity index is 2.05. The third kappa shape index (κ3) is 8.43. The molecule has 0 bridgehead atoms. The van der Waals surface area contributed by atoms with E-state index < -0.39 is 0 Å². The first-order valence-electron chi connectivity index (χ1n) is 8.64. The van der Waals surface area contributed by atoms with E-state index in [4.69, 9.17) is 0 Å². The van der Waals surface area contributed by atoms with Gasteiger partial charge in [0, 0.05) is 6.42 Å². The Morgan fingerprint density at radius 3 is 2.25 bits per heavy atom. The lowest BCUT2D eigenvalue weighted by molar-refractivity contribution is -0.885.